The smallest absolute Gasteiger partial charge is 0.227 e. The second-order valence-corrected chi connectivity index (χ2v) is 37.3. The van der Waals surface area contributed by atoms with Crippen molar-refractivity contribution in [1.29, 1.82) is 0 Å². The summed E-state index contributed by atoms with van der Waals surface area (Å²) in [6.45, 7) is 44.7. The van der Waals surface area contributed by atoms with Crippen LogP contribution in [0, 0.1) is 69.2 Å². The Morgan fingerprint density at radius 3 is 0.838 bits per heavy atom. The van der Waals surface area contributed by atoms with Crippen molar-refractivity contribution in [1.82, 2.24) is 59.8 Å². The molecule has 136 heavy (non-hydrogen) atoms. The molecule has 0 spiro atoms. The molecule has 0 radical (unpaired) electrons. The number of hydrogen-bond acceptors (Lipinski definition) is 27. The Bertz CT molecular complexity index is 7510. The minimum Gasteiger partial charge on any atom is -0.435 e. The maximum Gasteiger partial charge on any atom is 0.227 e. The minimum absolute atomic E-state index is 0.0737. The molecule has 20 heterocycles. The third kappa shape index (κ3) is 14.0. The Morgan fingerprint density at radius 1 is 0.228 bits per heavy atom. The number of furan rings is 5. The van der Waals surface area contributed by atoms with Gasteiger partial charge in [0.1, 0.15) is 30.8 Å². The van der Waals surface area contributed by atoms with Crippen LogP contribution >= 0.6 is 0 Å². The molecule has 27 nitrogen and oxygen atoms in total. The highest BCUT2D eigenvalue weighted by Gasteiger charge is 2.44. The van der Waals surface area contributed by atoms with Gasteiger partial charge in [0.25, 0.3) is 0 Å². The van der Waals surface area contributed by atoms with E-state index in [-0.39, 0.29) is 30.8 Å². The minimum atomic E-state index is 0.0737. The van der Waals surface area contributed by atoms with E-state index < -0.39 is 0 Å². The lowest BCUT2D eigenvalue weighted by Gasteiger charge is -2.33. The number of hydrogen-bond donors (Lipinski definition) is 0. The predicted molar refractivity (Wildman–Crippen MR) is 549 cm³/mol. The maximum atomic E-state index is 6.33. The number of rotatable bonds is 8. The van der Waals surface area contributed by atoms with Gasteiger partial charge in [-0.3, -0.25) is 9.80 Å². The van der Waals surface area contributed by atoms with Crippen molar-refractivity contribution in [3.05, 3.63) is 257 Å². The SMILES string of the molecule is Cc1ccc2c(n1)oc1c(N3c4cccnc4N(C(C)C)C3C)c(C)ccc12.Cc1ccc2c(n1)oc1c(N3c4cccnc4N(C)C3C)c(C)ccc12.Cc1ccc2c(n1)oc1c(N3c4ncccc4N(C(C)C)C3C)c(C)ccc12.Cc1ccc2c(n1)oc1c(N3c4nccnc4N(C(C)C)C3C)c(C)ccc12.Cc1ccc2c(n1)oc1c(N3c4nccnc4N(C)C3C)c(C)ccc12. The van der Waals surface area contributed by atoms with Crippen LogP contribution in [0.2, 0.25) is 0 Å². The first-order chi connectivity index (χ1) is 65.5. The first-order valence-electron chi connectivity index (χ1n) is 46.7. The van der Waals surface area contributed by atoms with Gasteiger partial charge in [0.05, 0.1) is 45.5 Å². The molecular weight excluding hydrogens is 1700 g/mol. The second-order valence-electron chi connectivity index (χ2n) is 37.3. The number of benzene rings is 5. The quantitative estimate of drug-likeness (QED) is 0.137. The van der Waals surface area contributed by atoms with Crippen molar-refractivity contribution >= 4 is 197 Å². The van der Waals surface area contributed by atoms with Crippen molar-refractivity contribution in [3.63, 3.8) is 0 Å². The van der Waals surface area contributed by atoms with Crippen LogP contribution in [0.3, 0.4) is 0 Å². The number of nitrogens with zero attached hydrogens (tertiary/aromatic N) is 22. The van der Waals surface area contributed by atoms with Gasteiger partial charge in [-0.2, -0.15) is 0 Å². The van der Waals surface area contributed by atoms with E-state index in [0.29, 0.717) is 46.7 Å². The highest BCUT2D eigenvalue weighted by molar-refractivity contribution is 6.15. The third-order valence-corrected chi connectivity index (χ3v) is 27.4. The fraction of sp³-hybridized carbons (Fsp3) is 0.284. The van der Waals surface area contributed by atoms with Gasteiger partial charge in [-0.15, -0.1) is 0 Å². The van der Waals surface area contributed by atoms with Crippen molar-refractivity contribution in [3.8, 4) is 0 Å². The summed E-state index contributed by atoms with van der Waals surface area (Å²) in [6.07, 6.45) is 13.1. The van der Waals surface area contributed by atoms with E-state index in [2.05, 4.69) is 326 Å². The molecule has 0 bridgehead atoms. The Morgan fingerprint density at radius 2 is 0.471 bits per heavy atom. The van der Waals surface area contributed by atoms with E-state index in [1.165, 1.54) is 11.1 Å². The van der Waals surface area contributed by atoms with Crippen LogP contribution in [0.4, 0.5) is 86.2 Å². The van der Waals surface area contributed by atoms with Gasteiger partial charge in [-0.1, -0.05) is 60.7 Å². The molecule has 0 N–H and O–H groups in total. The van der Waals surface area contributed by atoms with Crippen LogP contribution in [0.5, 0.6) is 0 Å². The Kier molecular flexibility index (Phi) is 21.5. The Labute approximate surface area is 788 Å². The van der Waals surface area contributed by atoms with E-state index in [0.717, 1.165) is 213 Å². The summed E-state index contributed by atoms with van der Waals surface area (Å²) in [5.74, 6) is 6.48. The lowest BCUT2D eigenvalue weighted by molar-refractivity contribution is 0.597. The van der Waals surface area contributed by atoms with Gasteiger partial charge in [-0.05, 0) is 270 Å². The molecule has 27 heteroatoms. The van der Waals surface area contributed by atoms with Crippen molar-refractivity contribution in [2.75, 3.05) is 63.1 Å². The molecule has 0 fully saturated rings. The molecule has 0 saturated carbocycles. The molecule has 0 amide bonds. The maximum absolute atomic E-state index is 6.33. The predicted octanol–water partition coefficient (Wildman–Crippen LogP) is 25.8. The molecule has 15 aromatic heterocycles. The van der Waals surface area contributed by atoms with Crippen LogP contribution < -0.4 is 49.0 Å². The molecule has 20 aromatic rings. The highest BCUT2D eigenvalue weighted by Crippen LogP contribution is 2.55. The Balaban J connectivity index is 0.000000102. The molecule has 5 aromatic carbocycles. The molecule has 5 atom stereocenters. The van der Waals surface area contributed by atoms with Crippen molar-refractivity contribution in [2.45, 2.75) is 194 Å². The number of fused-ring (bicyclic) bond motifs is 20. The van der Waals surface area contributed by atoms with Crippen molar-refractivity contribution in [2.24, 2.45) is 0 Å². The van der Waals surface area contributed by atoms with Gasteiger partial charge in [0, 0.05) is 158 Å². The molecule has 5 aliphatic heterocycles. The van der Waals surface area contributed by atoms with Gasteiger partial charge in [0.2, 0.25) is 28.6 Å². The van der Waals surface area contributed by atoms with Crippen LogP contribution in [0.25, 0.3) is 110 Å². The summed E-state index contributed by atoms with van der Waals surface area (Å²) in [6, 6.07) is 55.4. The fourth-order valence-electron chi connectivity index (χ4n) is 20.9. The van der Waals surface area contributed by atoms with Gasteiger partial charge in [-0.25, -0.2) is 59.8 Å². The summed E-state index contributed by atoms with van der Waals surface area (Å²) < 4.78 is 31.4. The zero-order valence-corrected chi connectivity index (χ0v) is 81.1. The number of pyridine rings is 8. The van der Waals surface area contributed by atoms with Crippen LogP contribution in [-0.4, -0.2) is 123 Å². The molecular formula is C109H110N22O5. The molecule has 5 aliphatic rings. The lowest BCUT2D eigenvalue weighted by atomic mass is 10.1. The van der Waals surface area contributed by atoms with E-state index in [4.69, 9.17) is 32.1 Å². The van der Waals surface area contributed by atoms with E-state index in [1.54, 1.807) is 24.8 Å². The zero-order chi connectivity index (χ0) is 94.7. The fourth-order valence-corrected chi connectivity index (χ4v) is 20.9. The van der Waals surface area contributed by atoms with E-state index >= 15 is 0 Å². The standard InChI is InChI=1S/2C23H24N4O.C22H23N5O.C21H20N4O.C20H19N5O/c1-13(2)26-16(5)27(19-7-6-12-24-22(19)26)20-14(3)8-10-17-18-11-9-15(4)25-23(18)28-21(17)20;1-13(2)26-16(5)27(22-19(26)7-6-12-24-22)20-14(3)8-10-17-18-11-9-15(4)25-23(18)28-21(17)20;1-12(2)26-15(5)27(21-20(26)23-10-11-24-21)18-13(3)6-8-16-17-9-7-14(4)25-22(17)28-19(16)18;1-12-7-9-15-16-10-8-13(2)23-21(16)26-19(15)18(12)25-14(3)24(4)20-17(25)6-5-11-22-20;1-11-5-7-14-15-8-6-12(2)23-20(15)26-17(14)16(11)25-13(3)24(4)18-19(25)22-10-9-21-18/h2*6-13,16H,1-5H3;6-12,15H,1-5H3;5-11,14H,1-4H3;5-10,13H,1-4H3. The molecule has 0 aliphatic carbocycles. The summed E-state index contributed by atoms with van der Waals surface area (Å²) in [5, 5.41) is 10.7. The van der Waals surface area contributed by atoms with Gasteiger partial charge < -0.3 is 61.3 Å². The second kappa shape index (κ2) is 33.6. The van der Waals surface area contributed by atoms with Crippen LogP contribution in [0.15, 0.2) is 223 Å². The number of aromatic nitrogens is 12. The molecule has 5 unspecified atom stereocenters. The van der Waals surface area contributed by atoms with E-state index in [1.807, 2.05) is 109 Å². The van der Waals surface area contributed by atoms with Crippen LogP contribution in [-0.2, 0) is 0 Å². The van der Waals surface area contributed by atoms with Crippen molar-refractivity contribution < 1.29 is 22.1 Å². The first-order valence-corrected chi connectivity index (χ1v) is 46.7. The summed E-state index contributed by atoms with van der Waals surface area (Å²) in [5.41, 5.74) is 27.0. The van der Waals surface area contributed by atoms with Crippen LogP contribution in [0.1, 0.15) is 132 Å². The molecule has 686 valence electrons. The van der Waals surface area contributed by atoms with Gasteiger partial charge in [0.15, 0.2) is 68.6 Å². The normalized spacial score (nSPS) is 16.6. The van der Waals surface area contributed by atoms with E-state index in [9.17, 15) is 0 Å². The molecule has 0 saturated heterocycles. The average Bonchev–Trinajstić information content (AvgIpc) is 1.34. The Hall–Kier alpha value is -15.5. The largest absolute Gasteiger partial charge is 0.435 e. The molecule has 25 rings (SSSR count). The highest BCUT2D eigenvalue weighted by atomic mass is 16.4. The third-order valence-electron chi connectivity index (χ3n) is 27.4. The number of anilines is 15. The lowest BCUT2D eigenvalue weighted by Crippen LogP contribution is -2.42. The zero-order valence-electron chi connectivity index (χ0n) is 81.1. The monoisotopic (exact) mass is 1810 g/mol. The summed E-state index contributed by atoms with van der Waals surface area (Å²) in [4.78, 5) is 78.2. The first kappa shape index (κ1) is 87.1. The average molecular weight is 1810 g/mol. The number of aryl methyl sites for hydroxylation is 10. The topological polar surface area (TPSA) is 253 Å². The summed E-state index contributed by atoms with van der Waals surface area (Å²) >= 11 is 0. The summed E-state index contributed by atoms with van der Waals surface area (Å²) in [7, 11) is 4.12. The van der Waals surface area contributed by atoms with Gasteiger partial charge >= 0.3 is 0 Å².